The van der Waals surface area contributed by atoms with E-state index in [-0.39, 0.29) is 5.82 Å². The molecule has 3 nitrogen and oxygen atoms in total. The third-order valence-electron chi connectivity index (χ3n) is 5.11. The molecule has 3 saturated heterocycles. The van der Waals surface area contributed by atoms with Gasteiger partial charge in [-0.05, 0) is 43.6 Å². The fourth-order valence-corrected chi connectivity index (χ4v) is 3.86. The van der Waals surface area contributed by atoms with Gasteiger partial charge in [-0.3, -0.25) is 9.88 Å². The molecule has 1 aliphatic carbocycles. The Kier molecular flexibility index (Phi) is 3.14. The number of aromatic nitrogens is 1. The molecule has 2 atom stereocenters. The van der Waals surface area contributed by atoms with Crippen molar-refractivity contribution < 1.29 is 4.39 Å². The number of anilines is 1. The number of rotatable bonds is 3. The average molecular weight is 275 g/mol. The first-order valence-electron chi connectivity index (χ1n) is 7.88. The lowest BCUT2D eigenvalue weighted by Gasteiger charge is -2.36. The Morgan fingerprint density at radius 1 is 1.15 bits per heavy atom. The smallest absolute Gasteiger partial charge is 0.164 e. The van der Waals surface area contributed by atoms with Crippen LogP contribution in [0, 0.1) is 17.7 Å². The summed E-state index contributed by atoms with van der Waals surface area (Å²) in [5.74, 6) is 1.46. The molecule has 1 aromatic heterocycles. The molecule has 1 saturated carbocycles. The van der Waals surface area contributed by atoms with Crippen LogP contribution in [0.2, 0.25) is 0 Å². The van der Waals surface area contributed by atoms with Gasteiger partial charge in [-0.2, -0.15) is 0 Å². The number of fused-ring (bicyclic) bond motifs is 4. The van der Waals surface area contributed by atoms with Crippen LogP contribution in [0.4, 0.5) is 10.1 Å². The van der Waals surface area contributed by atoms with Gasteiger partial charge in [0, 0.05) is 38.4 Å². The third-order valence-corrected chi connectivity index (χ3v) is 5.11. The van der Waals surface area contributed by atoms with E-state index in [1.165, 1.54) is 45.0 Å². The minimum atomic E-state index is -0.178. The lowest BCUT2D eigenvalue weighted by molar-refractivity contribution is 0.128. The summed E-state index contributed by atoms with van der Waals surface area (Å²) in [6, 6.07) is 2.44. The fourth-order valence-electron chi connectivity index (χ4n) is 3.86. The molecule has 4 fully saturated rings. The number of halogens is 1. The molecular weight excluding hydrogens is 253 g/mol. The van der Waals surface area contributed by atoms with Gasteiger partial charge >= 0.3 is 0 Å². The molecule has 2 bridgehead atoms. The first kappa shape index (κ1) is 12.6. The van der Waals surface area contributed by atoms with Gasteiger partial charge in [-0.25, -0.2) is 4.39 Å². The summed E-state index contributed by atoms with van der Waals surface area (Å²) < 4.78 is 14.0. The Morgan fingerprint density at radius 3 is 2.85 bits per heavy atom. The monoisotopic (exact) mass is 275 g/mol. The molecule has 4 heterocycles. The van der Waals surface area contributed by atoms with Gasteiger partial charge < -0.3 is 4.90 Å². The zero-order valence-corrected chi connectivity index (χ0v) is 11.8. The van der Waals surface area contributed by atoms with E-state index in [0.29, 0.717) is 12.0 Å². The quantitative estimate of drug-likeness (QED) is 0.845. The summed E-state index contributed by atoms with van der Waals surface area (Å²) in [5.41, 5.74) is 0.741. The van der Waals surface area contributed by atoms with Crippen LogP contribution in [0.3, 0.4) is 0 Å². The molecule has 0 radical (unpaired) electrons. The zero-order valence-electron chi connectivity index (χ0n) is 11.8. The third kappa shape index (κ3) is 2.41. The van der Waals surface area contributed by atoms with Crippen LogP contribution in [0.1, 0.15) is 25.7 Å². The summed E-state index contributed by atoms with van der Waals surface area (Å²) in [6.07, 6.45) is 8.44. The molecule has 0 aromatic carbocycles. The summed E-state index contributed by atoms with van der Waals surface area (Å²) >= 11 is 0. The molecule has 4 aliphatic rings. The molecule has 0 unspecified atom stereocenters. The van der Waals surface area contributed by atoms with E-state index in [1.807, 2.05) is 6.07 Å². The van der Waals surface area contributed by atoms with Gasteiger partial charge in [-0.15, -0.1) is 0 Å². The Labute approximate surface area is 119 Å². The molecule has 5 rings (SSSR count). The highest BCUT2D eigenvalue weighted by Gasteiger charge is 2.37. The van der Waals surface area contributed by atoms with Crippen LogP contribution >= 0.6 is 0 Å². The summed E-state index contributed by atoms with van der Waals surface area (Å²) in [5, 5.41) is 0. The molecule has 0 spiro atoms. The minimum Gasteiger partial charge on any atom is -0.367 e. The first-order valence-corrected chi connectivity index (χ1v) is 7.88. The van der Waals surface area contributed by atoms with Crippen molar-refractivity contribution in [1.29, 1.82) is 0 Å². The van der Waals surface area contributed by atoms with Crippen molar-refractivity contribution in [2.75, 3.05) is 31.1 Å². The van der Waals surface area contributed by atoms with Crippen molar-refractivity contribution in [3.8, 4) is 0 Å². The van der Waals surface area contributed by atoms with Crippen LogP contribution in [0.15, 0.2) is 18.5 Å². The Bertz CT molecular complexity index is 488. The van der Waals surface area contributed by atoms with Gasteiger partial charge in [-0.1, -0.05) is 0 Å². The number of piperidine rings is 1. The lowest BCUT2D eigenvalue weighted by atomic mass is 9.95. The normalized spacial score (nSPS) is 30.6. The number of pyridine rings is 1. The van der Waals surface area contributed by atoms with Crippen molar-refractivity contribution in [1.82, 2.24) is 9.88 Å². The molecule has 0 N–H and O–H groups in total. The van der Waals surface area contributed by atoms with Crippen molar-refractivity contribution in [2.45, 2.75) is 31.7 Å². The molecule has 3 aliphatic heterocycles. The molecular formula is C16H22FN3. The van der Waals surface area contributed by atoms with Gasteiger partial charge in [0.15, 0.2) is 5.82 Å². The van der Waals surface area contributed by atoms with Crippen LogP contribution in [-0.2, 0) is 0 Å². The Hall–Kier alpha value is -1.16. The maximum Gasteiger partial charge on any atom is 0.164 e. The summed E-state index contributed by atoms with van der Waals surface area (Å²) in [7, 11) is 0. The van der Waals surface area contributed by atoms with Crippen LogP contribution in [-0.4, -0.2) is 42.1 Å². The van der Waals surface area contributed by atoms with Crippen molar-refractivity contribution >= 4 is 5.69 Å². The molecule has 20 heavy (non-hydrogen) atoms. The van der Waals surface area contributed by atoms with Crippen LogP contribution in [0.25, 0.3) is 0 Å². The van der Waals surface area contributed by atoms with Crippen LogP contribution < -0.4 is 4.90 Å². The summed E-state index contributed by atoms with van der Waals surface area (Å²) in [4.78, 5) is 8.81. The minimum absolute atomic E-state index is 0.178. The maximum atomic E-state index is 14.0. The number of hydrogen-bond acceptors (Lipinski definition) is 3. The van der Waals surface area contributed by atoms with Crippen molar-refractivity contribution in [3.05, 3.63) is 24.3 Å². The summed E-state index contributed by atoms with van der Waals surface area (Å²) in [6.45, 7) is 4.46. The van der Waals surface area contributed by atoms with Gasteiger partial charge in [0.1, 0.15) is 0 Å². The highest BCUT2D eigenvalue weighted by Crippen LogP contribution is 2.36. The van der Waals surface area contributed by atoms with Gasteiger partial charge in [0.05, 0.1) is 11.9 Å². The predicted octanol–water partition coefficient (Wildman–Crippen LogP) is 2.53. The maximum absolute atomic E-state index is 14.0. The van der Waals surface area contributed by atoms with Gasteiger partial charge in [0.25, 0.3) is 0 Å². The predicted molar refractivity (Wildman–Crippen MR) is 77.2 cm³/mol. The van der Waals surface area contributed by atoms with E-state index in [0.717, 1.165) is 24.7 Å². The van der Waals surface area contributed by atoms with Gasteiger partial charge in [0.2, 0.25) is 0 Å². The number of hydrogen-bond donors (Lipinski definition) is 0. The van der Waals surface area contributed by atoms with Crippen LogP contribution in [0.5, 0.6) is 0 Å². The van der Waals surface area contributed by atoms with Crippen molar-refractivity contribution in [3.63, 3.8) is 0 Å². The topological polar surface area (TPSA) is 19.4 Å². The second-order valence-corrected chi connectivity index (χ2v) is 6.73. The zero-order chi connectivity index (χ0) is 13.5. The van der Waals surface area contributed by atoms with E-state index in [1.54, 1.807) is 6.20 Å². The SMILES string of the molecule is Fc1cnccc1N1C[C@@H]2CC[C@H](C1)N(CC1CC1)C2. The lowest BCUT2D eigenvalue weighted by Crippen LogP contribution is -2.44. The average Bonchev–Trinajstić information content (AvgIpc) is 3.27. The van der Waals surface area contributed by atoms with E-state index in [9.17, 15) is 4.39 Å². The first-order chi connectivity index (χ1) is 9.79. The van der Waals surface area contributed by atoms with E-state index < -0.39 is 0 Å². The van der Waals surface area contributed by atoms with E-state index >= 15 is 0 Å². The molecule has 108 valence electrons. The van der Waals surface area contributed by atoms with E-state index in [2.05, 4.69) is 14.8 Å². The molecule has 4 heteroatoms. The molecule has 1 aromatic rings. The fraction of sp³-hybridized carbons (Fsp3) is 0.688. The standard InChI is InChI=1S/C16H22FN3/c17-15-7-18-6-5-16(15)20-10-13-3-4-14(11-20)19(9-13)8-12-1-2-12/h5-7,12-14H,1-4,8-11H2/t13-,14-/m1/s1. The van der Waals surface area contributed by atoms with E-state index in [4.69, 9.17) is 0 Å². The second kappa shape index (κ2) is 4.99. The highest BCUT2D eigenvalue weighted by molar-refractivity contribution is 5.47. The van der Waals surface area contributed by atoms with Crippen molar-refractivity contribution in [2.24, 2.45) is 11.8 Å². The number of nitrogens with zero attached hydrogens (tertiary/aromatic N) is 3. The highest BCUT2D eigenvalue weighted by atomic mass is 19.1. The second-order valence-electron chi connectivity index (χ2n) is 6.73. The Morgan fingerprint density at radius 2 is 2.05 bits per heavy atom. The Balaban J connectivity index is 1.54. The largest absolute Gasteiger partial charge is 0.367 e. The molecule has 0 amide bonds.